The molecule has 0 saturated carbocycles. The fourth-order valence-corrected chi connectivity index (χ4v) is 1.70. The summed E-state index contributed by atoms with van der Waals surface area (Å²) in [7, 11) is 0.531. The Morgan fingerprint density at radius 1 is 1.50 bits per heavy atom. The number of nitrogens with one attached hydrogen (secondary N) is 1. The molecule has 0 heterocycles. The molecular weight excluding hydrogens is 232 g/mol. The van der Waals surface area contributed by atoms with E-state index in [0.29, 0.717) is 12.2 Å². The molecule has 0 fully saturated rings. The maximum atomic E-state index is 11.4. The summed E-state index contributed by atoms with van der Waals surface area (Å²) in [6.07, 6.45) is 2.21. The smallest absolute Gasteiger partial charge is 0.323 e. The van der Waals surface area contributed by atoms with Crippen LogP contribution in [-0.4, -0.2) is 57.9 Å². The molecule has 2 atom stereocenters. The standard InChI is InChI=1S/C9H18N2O4S/c1-7(4-5-16(3)15)10-9(14)11(2)6-8(12)13/h7H,4-6H2,1-3H3,(H,10,14)(H,12,13). The van der Waals surface area contributed by atoms with Crippen molar-refractivity contribution in [1.29, 1.82) is 0 Å². The molecule has 94 valence electrons. The second-order valence-electron chi connectivity index (χ2n) is 3.67. The van der Waals surface area contributed by atoms with Gasteiger partial charge in [0.2, 0.25) is 0 Å². The quantitative estimate of drug-likeness (QED) is 0.687. The average molecular weight is 250 g/mol. The van der Waals surface area contributed by atoms with E-state index in [1.807, 2.05) is 0 Å². The van der Waals surface area contributed by atoms with Crippen LogP contribution in [-0.2, 0) is 15.6 Å². The molecule has 0 spiro atoms. The summed E-state index contributed by atoms with van der Waals surface area (Å²) < 4.78 is 10.8. The Kier molecular flexibility index (Phi) is 6.71. The molecule has 16 heavy (non-hydrogen) atoms. The average Bonchev–Trinajstić information content (AvgIpc) is 2.13. The minimum Gasteiger partial charge on any atom is -0.480 e. The Morgan fingerprint density at radius 3 is 2.50 bits per heavy atom. The van der Waals surface area contributed by atoms with E-state index in [-0.39, 0.29) is 12.6 Å². The second kappa shape index (κ2) is 7.21. The number of nitrogens with zero attached hydrogens (tertiary/aromatic N) is 1. The van der Waals surface area contributed by atoms with Gasteiger partial charge in [-0.05, 0) is 13.3 Å². The fraction of sp³-hybridized carbons (Fsp3) is 0.778. The molecule has 0 aliphatic heterocycles. The van der Waals surface area contributed by atoms with Crippen LogP contribution in [0, 0.1) is 0 Å². The number of amides is 2. The summed E-state index contributed by atoms with van der Waals surface area (Å²) in [5, 5.41) is 11.1. The predicted molar refractivity (Wildman–Crippen MR) is 61.8 cm³/mol. The van der Waals surface area contributed by atoms with Crippen molar-refractivity contribution < 1.29 is 18.9 Å². The Labute approximate surface area is 97.5 Å². The molecule has 0 aliphatic rings. The third-order valence-electron chi connectivity index (χ3n) is 1.93. The molecule has 2 N–H and O–H groups in total. The van der Waals surface area contributed by atoms with E-state index in [1.54, 1.807) is 13.2 Å². The van der Waals surface area contributed by atoms with Crippen molar-refractivity contribution in [2.75, 3.05) is 25.6 Å². The van der Waals surface area contributed by atoms with Gasteiger partial charge in [0.25, 0.3) is 0 Å². The van der Waals surface area contributed by atoms with Gasteiger partial charge < -0.3 is 15.3 Å². The van der Waals surface area contributed by atoms with E-state index < -0.39 is 22.8 Å². The van der Waals surface area contributed by atoms with Gasteiger partial charge in [-0.2, -0.15) is 0 Å². The van der Waals surface area contributed by atoms with Crippen LogP contribution >= 0.6 is 0 Å². The van der Waals surface area contributed by atoms with Crippen LogP contribution < -0.4 is 5.32 Å². The molecule has 7 heteroatoms. The van der Waals surface area contributed by atoms with Crippen LogP contribution in [0.25, 0.3) is 0 Å². The van der Waals surface area contributed by atoms with Gasteiger partial charge >= 0.3 is 12.0 Å². The number of carbonyl (C=O) groups is 2. The van der Waals surface area contributed by atoms with Crippen molar-refractivity contribution in [3.8, 4) is 0 Å². The van der Waals surface area contributed by atoms with E-state index >= 15 is 0 Å². The van der Waals surface area contributed by atoms with Crippen molar-refractivity contribution in [2.24, 2.45) is 0 Å². The number of rotatable bonds is 6. The van der Waals surface area contributed by atoms with Crippen molar-refractivity contribution >= 4 is 22.8 Å². The van der Waals surface area contributed by atoms with Crippen LogP contribution in [0.5, 0.6) is 0 Å². The van der Waals surface area contributed by atoms with Crippen LogP contribution in [0.15, 0.2) is 0 Å². The van der Waals surface area contributed by atoms with Crippen LogP contribution in [0.2, 0.25) is 0 Å². The minimum absolute atomic E-state index is 0.118. The normalized spacial score (nSPS) is 13.9. The highest BCUT2D eigenvalue weighted by Gasteiger charge is 2.14. The maximum Gasteiger partial charge on any atom is 0.323 e. The third-order valence-corrected chi connectivity index (χ3v) is 2.74. The first-order valence-electron chi connectivity index (χ1n) is 4.86. The summed E-state index contributed by atoms with van der Waals surface area (Å²) in [4.78, 5) is 22.8. The van der Waals surface area contributed by atoms with Gasteiger partial charge in [-0.25, -0.2) is 4.79 Å². The van der Waals surface area contributed by atoms with Crippen molar-refractivity contribution in [1.82, 2.24) is 10.2 Å². The number of aliphatic carboxylic acids is 1. The topological polar surface area (TPSA) is 86.7 Å². The van der Waals surface area contributed by atoms with Crippen molar-refractivity contribution in [2.45, 2.75) is 19.4 Å². The second-order valence-corrected chi connectivity index (χ2v) is 5.22. The minimum atomic E-state index is -1.06. The van der Waals surface area contributed by atoms with Gasteiger partial charge in [0.05, 0.1) is 0 Å². The molecule has 0 rings (SSSR count). The molecule has 0 aliphatic carbocycles. The maximum absolute atomic E-state index is 11.4. The van der Waals surface area contributed by atoms with E-state index in [9.17, 15) is 13.8 Å². The molecule has 2 amide bonds. The Bertz CT molecular complexity index is 283. The first-order chi connectivity index (χ1) is 7.32. The lowest BCUT2D eigenvalue weighted by Crippen LogP contribution is -2.44. The Hall–Kier alpha value is -1.11. The van der Waals surface area contributed by atoms with Crippen molar-refractivity contribution in [3.63, 3.8) is 0 Å². The van der Waals surface area contributed by atoms with Gasteiger partial charge in [-0.1, -0.05) is 0 Å². The van der Waals surface area contributed by atoms with Gasteiger partial charge in [-0.15, -0.1) is 0 Å². The molecule has 0 saturated heterocycles. The number of carboxylic acids is 1. The Balaban J connectivity index is 3.93. The lowest BCUT2D eigenvalue weighted by Gasteiger charge is -2.19. The van der Waals surface area contributed by atoms with E-state index in [1.165, 1.54) is 7.05 Å². The highest BCUT2D eigenvalue weighted by molar-refractivity contribution is 7.84. The molecular formula is C9H18N2O4S. The number of carboxylic acid groups (broad SMARTS) is 1. The zero-order valence-electron chi connectivity index (χ0n) is 9.73. The predicted octanol–water partition coefficient (Wildman–Crippen LogP) is -0.130. The Morgan fingerprint density at radius 2 is 2.06 bits per heavy atom. The monoisotopic (exact) mass is 250 g/mol. The molecule has 0 bridgehead atoms. The van der Waals surface area contributed by atoms with Gasteiger partial charge in [0.15, 0.2) is 0 Å². The zero-order chi connectivity index (χ0) is 12.7. The van der Waals surface area contributed by atoms with Crippen LogP contribution in [0.3, 0.4) is 0 Å². The van der Waals surface area contributed by atoms with Gasteiger partial charge in [0, 0.05) is 35.9 Å². The molecule has 2 unspecified atom stereocenters. The number of urea groups is 1. The third kappa shape index (κ3) is 7.22. The highest BCUT2D eigenvalue weighted by atomic mass is 32.2. The van der Waals surface area contributed by atoms with Crippen LogP contribution in [0.1, 0.15) is 13.3 Å². The number of likely N-dealkylation sites (N-methyl/N-ethyl adjacent to an activating group) is 1. The highest BCUT2D eigenvalue weighted by Crippen LogP contribution is 1.94. The number of carbonyl (C=O) groups excluding carboxylic acids is 1. The molecule has 6 nitrogen and oxygen atoms in total. The fourth-order valence-electron chi connectivity index (χ4n) is 1.01. The first kappa shape index (κ1) is 14.9. The van der Waals surface area contributed by atoms with E-state index in [0.717, 1.165) is 4.90 Å². The van der Waals surface area contributed by atoms with E-state index in [4.69, 9.17) is 5.11 Å². The first-order valence-corrected chi connectivity index (χ1v) is 6.59. The van der Waals surface area contributed by atoms with E-state index in [2.05, 4.69) is 5.32 Å². The molecule has 0 radical (unpaired) electrons. The number of hydrogen-bond acceptors (Lipinski definition) is 3. The zero-order valence-corrected chi connectivity index (χ0v) is 10.5. The lowest BCUT2D eigenvalue weighted by molar-refractivity contribution is -0.137. The summed E-state index contributed by atoms with van der Waals surface area (Å²) in [5.74, 6) is -0.538. The lowest BCUT2D eigenvalue weighted by atomic mass is 10.3. The van der Waals surface area contributed by atoms with Crippen molar-refractivity contribution in [3.05, 3.63) is 0 Å². The largest absolute Gasteiger partial charge is 0.480 e. The van der Waals surface area contributed by atoms with Gasteiger partial charge in [0.1, 0.15) is 6.54 Å². The summed E-state index contributed by atoms with van der Waals surface area (Å²) in [6.45, 7) is 1.46. The summed E-state index contributed by atoms with van der Waals surface area (Å²) in [5.41, 5.74) is 0. The molecule has 0 aromatic rings. The number of hydrogen-bond donors (Lipinski definition) is 2. The van der Waals surface area contributed by atoms with Crippen LogP contribution in [0.4, 0.5) is 4.79 Å². The molecule has 0 aromatic heterocycles. The van der Waals surface area contributed by atoms with Gasteiger partial charge in [-0.3, -0.25) is 9.00 Å². The summed E-state index contributed by atoms with van der Waals surface area (Å²) in [6, 6.07) is -0.551. The summed E-state index contributed by atoms with van der Waals surface area (Å²) >= 11 is 0. The molecule has 0 aromatic carbocycles. The SMILES string of the molecule is CC(CCS(C)=O)NC(=O)N(C)CC(=O)O.